The number of nitrogens with zero attached hydrogens (tertiary/aromatic N) is 2. The predicted octanol–water partition coefficient (Wildman–Crippen LogP) is 7.90. The Hall–Kier alpha value is -5.07. The minimum atomic E-state index is -1.93. The second kappa shape index (κ2) is 20.8. The molecule has 59 heavy (non-hydrogen) atoms. The summed E-state index contributed by atoms with van der Waals surface area (Å²) < 4.78 is 13.0. The molecule has 3 atom stereocenters. The molecule has 5 rings (SSSR count). The molecule has 0 saturated heterocycles. The number of aryl methyl sites for hydroxylation is 2. The Morgan fingerprint density at radius 1 is 0.864 bits per heavy atom. The molecule has 2 aliphatic heterocycles. The number of cyclic esters (lactones) is 1. The number of nitrogens with one attached hydrogen (secondary N) is 1. The highest BCUT2D eigenvalue weighted by Crippen LogP contribution is 2.42. The summed E-state index contributed by atoms with van der Waals surface area (Å²) in [4.78, 5) is 82.4. The fourth-order valence-corrected chi connectivity index (χ4v) is 8.61. The minimum absolute atomic E-state index is 0.0323. The van der Waals surface area contributed by atoms with Crippen LogP contribution < -0.4 is 10.9 Å². The topological polar surface area (TPSA) is 191 Å². The molecule has 3 aromatic rings. The molecule has 3 N–H and O–H groups in total. The SMILES string of the molecule is CCCCCCC(CCCCc1ccc2nc3c(c(CC)c2c1)Cn1c-3cc2c(c1=O)COC(=O)[C@@]2(CC)OC(=O)CCC(=O)NC(CCCCCC)C(=O)O)C(=O)O. The second-order valence-corrected chi connectivity index (χ2v) is 16.1. The van der Waals surface area contributed by atoms with E-state index in [-0.39, 0.29) is 55.0 Å². The van der Waals surface area contributed by atoms with Crippen LogP contribution in [0.4, 0.5) is 0 Å². The lowest BCUT2D eigenvalue weighted by atomic mass is 9.85. The Kier molecular flexibility index (Phi) is 15.8. The van der Waals surface area contributed by atoms with E-state index >= 15 is 0 Å². The van der Waals surface area contributed by atoms with E-state index in [0.717, 1.165) is 98.2 Å². The highest BCUT2D eigenvalue weighted by atomic mass is 16.6. The quantitative estimate of drug-likeness (QED) is 0.0460. The van der Waals surface area contributed by atoms with E-state index in [2.05, 4.69) is 25.2 Å². The van der Waals surface area contributed by atoms with Gasteiger partial charge in [0.2, 0.25) is 11.5 Å². The number of hydrogen-bond donors (Lipinski definition) is 3. The Morgan fingerprint density at radius 3 is 2.20 bits per heavy atom. The van der Waals surface area contributed by atoms with Crippen molar-refractivity contribution in [3.63, 3.8) is 0 Å². The van der Waals surface area contributed by atoms with Crippen molar-refractivity contribution in [2.75, 3.05) is 0 Å². The van der Waals surface area contributed by atoms with Crippen LogP contribution in [0.5, 0.6) is 0 Å². The lowest BCUT2D eigenvalue weighted by molar-refractivity contribution is -0.189. The summed E-state index contributed by atoms with van der Waals surface area (Å²) in [6.45, 7) is 7.91. The fraction of sp³-hybridized carbons (Fsp3) is 0.587. The summed E-state index contributed by atoms with van der Waals surface area (Å²) >= 11 is 0. The average molecular weight is 816 g/mol. The Morgan fingerprint density at radius 2 is 1.56 bits per heavy atom. The van der Waals surface area contributed by atoms with Crippen molar-refractivity contribution in [1.29, 1.82) is 0 Å². The molecule has 2 unspecified atom stereocenters. The monoisotopic (exact) mass is 815 g/mol. The Labute approximate surface area is 346 Å². The van der Waals surface area contributed by atoms with Gasteiger partial charge in [0.05, 0.1) is 41.4 Å². The number of carboxylic acid groups (broad SMARTS) is 2. The van der Waals surface area contributed by atoms with Crippen LogP contribution in [0.1, 0.15) is 158 Å². The molecule has 2 aliphatic rings. The number of rotatable bonds is 24. The van der Waals surface area contributed by atoms with Gasteiger partial charge in [-0.05, 0) is 74.3 Å². The first-order valence-corrected chi connectivity index (χ1v) is 21.7. The molecular formula is C46H61N3O10. The molecular weight excluding hydrogens is 755 g/mol. The van der Waals surface area contributed by atoms with Crippen LogP contribution >= 0.6 is 0 Å². The van der Waals surface area contributed by atoms with Gasteiger partial charge < -0.3 is 29.6 Å². The number of carbonyl (C=O) groups is 5. The zero-order valence-corrected chi connectivity index (χ0v) is 35.2. The fourth-order valence-electron chi connectivity index (χ4n) is 8.61. The number of carbonyl (C=O) groups excluding carboxylic acids is 3. The average Bonchev–Trinajstić information content (AvgIpc) is 3.58. The summed E-state index contributed by atoms with van der Waals surface area (Å²) in [5, 5.41) is 22.8. The number of fused-ring (bicyclic) bond motifs is 5. The first-order chi connectivity index (χ1) is 28.4. The van der Waals surface area contributed by atoms with Gasteiger partial charge in [0, 0.05) is 22.9 Å². The van der Waals surface area contributed by atoms with Gasteiger partial charge in [-0.3, -0.25) is 19.2 Å². The molecule has 0 spiro atoms. The summed E-state index contributed by atoms with van der Waals surface area (Å²) in [6, 6.07) is 6.82. The summed E-state index contributed by atoms with van der Waals surface area (Å²) in [7, 11) is 0. The van der Waals surface area contributed by atoms with Crippen LogP contribution in [0.2, 0.25) is 0 Å². The van der Waals surface area contributed by atoms with E-state index in [1.165, 1.54) is 0 Å². The number of esters is 2. The molecule has 13 heteroatoms. The Balaban J connectivity index is 1.33. The third-order valence-electron chi connectivity index (χ3n) is 12.0. The molecule has 13 nitrogen and oxygen atoms in total. The summed E-state index contributed by atoms with van der Waals surface area (Å²) in [6.07, 6.45) is 11.8. The zero-order chi connectivity index (χ0) is 42.7. The molecule has 0 aliphatic carbocycles. The minimum Gasteiger partial charge on any atom is -0.481 e. The van der Waals surface area contributed by atoms with Crippen molar-refractivity contribution in [2.24, 2.45) is 5.92 Å². The third-order valence-corrected chi connectivity index (χ3v) is 12.0. The van der Waals surface area contributed by atoms with Crippen LogP contribution in [0.3, 0.4) is 0 Å². The van der Waals surface area contributed by atoms with E-state index in [1.54, 1.807) is 17.6 Å². The van der Waals surface area contributed by atoms with Crippen molar-refractivity contribution in [3.8, 4) is 11.4 Å². The van der Waals surface area contributed by atoms with Gasteiger partial charge in [0.1, 0.15) is 12.6 Å². The van der Waals surface area contributed by atoms with Crippen LogP contribution in [-0.2, 0) is 65.0 Å². The van der Waals surface area contributed by atoms with Gasteiger partial charge in [-0.25, -0.2) is 14.6 Å². The second-order valence-electron chi connectivity index (χ2n) is 16.1. The number of pyridine rings is 2. The molecule has 0 radical (unpaired) electrons. The molecule has 4 heterocycles. The number of amides is 1. The lowest BCUT2D eigenvalue weighted by Gasteiger charge is -2.35. The first kappa shape index (κ1) is 45.0. The number of aromatic nitrogens is 2. The molecule has 1 aromatic carbocycles. The standard InChI is InChI=1S/C46H61N3O10/c1-5-9-11-13-18-30(43(53)54)19-16-15-17-29-21-22-36-32(25-29)31(7-3)33-27-49-38(41(33)48-36)26-35-34(42(49)52)28-58-45(57)46(35,8-4)59-40(51)24-23-39(50)47-37(44(55)56)20-14-12-10-6-2/h21-22,25-26,30,37H,5-20,23-24,27-28H2,1-4H3,(H,47,50)(H,53,54)(H,55,56)/t30?,37?,46-/m0/s1. The van der Waals surface area contributed by atoms with Gasteiger partial charge in [-0.15, -0.1) is 0 Å². The van der Waals surface area contributed by atoms with Crippen LogP contribution in [0, 0.1) is 5.92 Å². The van der Waals surface area contributed by atoms with Gasteiger partial charge in [-0.2, -0.15) is 0 Å². The number of benzene rings is 1. The van der Waals surface area contributed by atoms with Crippen LogP contribution in [0.25, 0.3) is 22.3 Å². The van der Waals surface area contributed by atoms with Crippen molar-refractivity contribution >= 4 is 40.7 Å². The number of unbranched alkanes of at least 4 members (excludes halogenated alkanes) is 7. The maximum Gasteiger partial charge on any atom is 0.355 e. The molecule has 2 aromatic heterocycles. The van der Waals surface area contributed by atoms with Gasteiger partial charge in [0.15, 0.2) is 0 Å². The van der Waals surface area contributed by atoms with Gasteiger partial charge in [-0.1, -0.05) is 91.5 Å². The number of carboxylic acids is 2. The molecule has 0 saturated carbocycles. The van der Waals surface area contributed by atoms with E-state index in [4.69, 9.17) is 14.5 Å². The third kappa shape index (κ3) is 10.4. The van der Waals surface area contributed by atoms with E-state index in [1.807, 2.05) is 19.1 Å². The smallest absolute Gasteiger partial charge is 0.355 e. The highest BCUT2D eigenvalue weighted by molar-refractivity contribution is 5.91. The maximum absolute atomic E-state index is 14.2. The number of ether oxygens (including phenoxy) is 2. The van der Waals surface area contributed by atoms with E-state index in [9.17, 15) is 39.0 Å². The molecule has 1 amide bonds. The lowest BCUT2D eigenvalue weighted by Crippen LogP contribution is -2.47. The van der Waals surface area contributed by atoms with Gasteiger partial charge >= 0.3 is 23.9 Å². The molecule has 0 bridgehead atoms. The van der Waals surface area contributed by atoms with Crippen molar-refractivity contribution in [3.05, 3.63) is 62.4 Å². The first-order valence-electron chi connectivity index (χ1n) is 21.7. The van der Waals surface area contributed by atoms with Crippen LogP contribution in [0.15, 0.2) is 29.1 Å². The highest BCUT2D eigenvalue weighted by Gasteiger charge is 2.50. The zero-order valence-electron chi connectivity index (χ0n) is 35.2. The molecule has 0 fully saturated rings. The number of aliphatic carboxylic acids is 2. The predicted molar refractivity (Wildman–Crippen MR) is 223 cm³/mol. The van der Waals surface area contributed by atoms with E-state index in [0.29, 0.717) is 30.7 Å². The summed E-state index contributed by atoms with van der Waals surface area (Å²) in [5.74, 6) is -4.46. The Bertz CT molecular complexity index is 2090. The van der Waals surface area contributed by atoms with Crippen LogP contribution in [-0.4, -0.2) is 55.6 Å². The van der Waals surface area contributed by atoms with Gasteiger partial charge in [0.25, 0.3) is 5.56 Å². The summed E-state index contributed by atoms with van der Waals surface area (Å²) in [5.41, 5.74) is 3.14. The normalized spacial score (nSPS) is 16.4. The van der Waals surface area contributed by atoms with E-state index < -0.39 is 47.8 Å². The largest absolute Gasteiger partial charge is 0.481 e. The van der Waals surface area contributed by atoms with Crippen molar-refractivity contribution < 1.29 is 43.7 Å². The van der Waals surface area contributed by atoms with Crippen molar-refractivity contribution in [1.82, 2.24) is 14.9 Å². The van der Waals surface area contributed by atoms with Crippen molar-refractivity contribution in [2.45, 2.75) is 168 Å². The number of hydrogen-bond acceptors (Lipinski definition) is 9. The maximum atomic E-state index is 14.2. The molecule has 320 valence electrons.